The molecule has 0 saturated carbocycles. The summed E-state index contributed by atoms with van der Waals surface area (Å²) in [6.07, 6.45) is 10.9. The van der Waals surface area contributed by atoms with E-state index in [-0.39, 0.29) is 34.3 Å². The molecule has 6 rings (SSSR count). The first kappa shape index (κ1) is 17.0. The van der Waals surface area contributed by atoms with Crippen molar-refractivity contribution in [3.63, 3.8) is 0 Å². The van der Waals surface area contributed by atoms with Crippen molar-refractivity contribution in [2.75, 3.05) is 11.4 Å². The first-order valence-electron chi connectivity index (χ1n) is 10.3. The smallest absolute Gasteiger partial charge is 0.269 e. The summed E-state index contributed by atoms with van der Waals surface area (Å²) < 4.78 is 14.6. The molecule has 146 valence electrons. The molecule has 0 radical (unpaired) electrons. The topological polar surface area (TPSA) is 46.4 Å². The average molecular weight is 388 g/mol. The Kier molecular flexibility index (Phi) is 3.52. The van der Waals surface area contributed by atoms with Gasteiger partial charge >= 0.3 is 0 Å². The van der Waals surface area contributed by atoms with E-state index in [1.807, 2.05) is 12.1 Å². The molecule has 0 unspecified atom stereocenters. The highest BCUT2D eigenvalue weighted by molar-refractivity contribution is 5.70. The van der Waals surface area contributed by atoms with Crippen molar-refractivity contribution in [2.45, 2.75) is 30.7 Å². The molecule has 2 heterocycles. The fourth-order valence-electron chi connectivity index (χ4n) is 6.11. The number of rotatable bonds is 2. The van der Waals surface area contributed by atoms with Gasteiger partial charge in [-0.05, 0) is 53.5 Å². The number of anilines is 1. The number of allylic oxidation sites excluding steroid dienone is 4. The highest BCUT2D eigenvalue weighted by Gasteiger charge is 2.47. The van der Waals surface area contributed by atoms with E-state index in [1.54, 1.807) is 24.3 Å². The minimum absolute atomic E-state index is 0.118. The second kappa shape index (κ2) is 6.02. The Bertz CT molecular complexity index is 1060. The minimum atomic E-state index is -0.351. The molecule has 4 aliphatic rings. The molecule has 0 N–H and O–H groups in total. The third kappa shape index (κ3) is 2.36. The summed E-state index contributed by atoms with van der Waals surface area (Å²) >= 11 is 0. The third-order valence-corrected chi connectivity index (χ3v) is 7.26. The summed E-state index contributed by atoms with van der Waals surface area (Å²) in [7, 11) is 0. The van der Waals surface area contributed by atoms with Crippen LogP contribution in [0.4, 0.5) is 15.8 Å². The molecule has 0 bridgehead atoms. The zero-order valence-corrected chi connectivity index (χ0v) is 15.9. The van der Waals surface area contributed by atoms with Gasteiger partial charge in [-0.1, -0.05) is 36.4 Å². The first-order valence-corrected chi connectivity index (χ1v) is 10.3. The van der Waals surface area contributed by atoms with Crippen molar-refractivity contribution in [3.8, 4) is 0 Å². The molecule has 4 nitrogen and oxygen atoms in total. The van der Waals surface area contributed by atoms with E-state index in [4.69, 9.17) is 0 Å². The van der Waals surface area contributed by atoms with Gasteiger partial charge in [0.2, 0.25) is 0 Å². The molecule has 0 saturated heterocycles. The minimum Gasteiger partial charge on any atom is -0.363 e. The molecule has 0 amide bonds. The number of non-ortho nitro benzene ring substituents is 1. The molecule has 2 aromatic carbocycles. The van der Waals surface area contributed by atoms with Crippen molar-refractivity contribution < 1.29 is 9.31 Å². The van der Waals surface area contributed by atoms with E-state index in [0.717, 1.165) is 36.1 Å². The predicted molar refractivity (Wildman–Crippen MR) is 110 cm³/mol. The second-order valence-corrected chi connectivity index (χ2v) is 8.68. The van der Waals surface area contributed by atoms with Crippen molar-refractivity contribution in [3.05, 3.63) is 93.3 Å². The van der Waals surface area contributed by atoms with E-state index in [1.165, 1.54) is 5.69 Å². The van der Waals surface area contributed by atoms with Gasteiger partial charge < -0.3 is 4.90 Å². The van der Waals surface area contributed by atoms with Crippen LogP contribution in [0.2, 0.25) is 0 Å². The Hall–Kier alpha value is -2.95. The molecular formula is C24H21FN2O2. The predicted octanol–water partition coefficient (Wildman–Crippen LogP) is 5.63. The molecule has 29 heavy (non-hydrogen) atoms. The molecule has 0 spiro atoms. The number of hydrogen-bond acceptors (Lipinski definition) is 3. The van der Waals surface area contributed by atoms with Gasteiger partial charge in [-0.3, -0.25) is 10.1 Å². The van der Waals surface area contributed by atoms with Gasteiger partial charge in [0.15, 0.2) is 0 Å². The SMILES string of the molecule is O=[N+]([O-])c1ccc([C@@H]2[C@@H]3CC=C[C@@H]3c3cc(F)cc4c3N2C[C@@H]2CC=C[C@H]42)cc1. The van der Waals surface area contributed by atoms with Gasteiger partial charge in [-0.15, -0.1) is 0 Å². The number of nitrogens with zero attached hydrogens (tertiary/aromatic N) is 2. The van der Waals surface area contributed by atoms with Gasteiger partial charge in [0.1, 0.15) is 5.82 Å². The molecule has 2 aromatic rings. The molecule has 2 aliphatic carbocycles. The Morgan fingerprint density at radius 1 is 1.00 bits per heavy atom. The summed E-state index contributed by atoms with van der Waals surface area (Å²) in [5.41, 5.74) is 4.63. The average Bonchev–Trinajstić information content (AvgIpc) is 3.37. The molecule has 0 fully saturated rings. The van der Waals surface area contributed by atoms with Crippen LogP contribution in [0.25, 0.3) is 0 Å². The van der Waals surface area contributed by atoms with Crippen LogP contribution in [0.5, 0.6) is 0 Å². The van der Waals surface area contributed by atoms with Gasteiger partial charge in [0.25, 0.3) is 5.69 Å². The van der Waals surface area contributed by atoms with Crippen molar-refractivity contribution in [1.29, 1.82) is 0 Å². The highest BCUT2D eigenvalue weighted by Crippen LogP contribution is 2.58. The van der Waals surface area contributed by atoms with Crippen LogP contribution in [-0.4, -0.2) is 11.5 Å². The van der Waals surface area contributed by atoms with Crippen LogP contribution in [0, 0.1) is 27.8 Å². The Balaban J connectivity index is 1.54. The van der Waals surface area contributed by atoms with Crippen molar-refractivity contribution in [2.24, 2.45) is 11.8 Å². The third-order valence-electron chi connectivity index (χ3n) is 7.26. The molecule has 5 heteroatoms. The number of halogens is 1. The maximum atomic E-state index is 14.6. The molecule has 2 aliphatic heterocycles. The van der Waals surface area contributed by atoms with E-state index in [2.05, 4.69) is 29.2 Å². The number of nitro groups is 1. The summed E-state index contributed by atoms with van der Waals surface area (Å²) in [5, 5.41) is 11.1. The Morgan fingerprint density at radius 2 is 1.69 bits per heavy atom. The number of fused-ring (bicyclic) bond motifs is 4. The van der Waals surface area contributed by atoms with Crippen LogP contribution >= 0.6 is 0 Å². The first-order chi connectivity index (χ1) is 14.1. The fraction of sp³-hybridized carbons (Fsp3) is 0.333. The van der Waals surface area contributed by atoms with E-state index in [0.29, 0.717) is 11.8 Å². The molecule has 5 atom stereocenters. The Morgan fingerprint density at radius 3 is 2.45 bits per heavy atom. The largest absolute Gasteiger partial charge is 0.363 e. The number of benzene rings is 2. The van der Waals surface area contributed by atoms with E-state index >= 15 is 0 Å². The summed E-state index contributed by atoms with van der Waals surface area (Å²) in [6.45, 7) is 0.939. The quantitative estimate of drug-likeness (QED) is 0.381. The highest BCUT2D eigenvalue weighted by atomic mass is 19.1. The number of nitro benzene ring substituents is 1. The van der Waals surface area contributed by atoms with Gasteiger partial charge in [-0.25, -0.2) is 4.39 Å². The zero-order valence-electron chi connectivity index (χ0n) is 15.9. The molecule has 0 aromatic heterocycles. The number of hydrogen-bond donors (Lipinski definition) is 0. The zero-order chi connectivity index (χ0) is 19.7. The maximum Gasteiger partial charge on any atom is 0.269 e. The van der Waals surface area contributed by atoms with Crippen LogP contribution in [0.15, 0.2) is 60.7 Å². The lowest BCUT2D eigenvalue weighted by Crippen LogP contribution is -2.46. The lowest BCUT2D eigenvalue weighted by molar-refractivity contribution is -0.384. The Labute approximate surface area is 168 Å². The van der Waals surface area contributed by atoms with E-state index in [9.17, 15) is 14.5 Å². The summed E-state index contributed by atoms with van der Waals surface area (Å²) in [4.78, 5) is 13.2. The summed E-state index contributed by atoms with van der Waals surface area (Å²) in [6, 6.07) is 10.6. The molecular weight excluding hydrogens is 367 g/mol. The van der Waals surface area contributed by atoms with Gasteiger partial charge in [0, 0.05) is 36.2 Å². The monoisotopic (exact) mass is 388 g/mol. The van der Waals surface area contributed by atoms with Crippen LogP contribution in [-0.2, 0) is 0 Å². The van der Waals surface area contributed by atoms with Crippen LogP contribution < -0.4 is 4.90 Å². The normalized spacial score (nSPS) is 30.8. The van der Waals surface area contributed by atoms with Crippen LogP contribution in [0.3, 0.4) is 0 Å². The lowest BCUT2D eigenvalue weighted by atomic mass is 9.70. The van der Waals surface area contributed by atoms with Crippen molar-refractivity contribution >= 4 is 11.4 Å². The van der Waals surface area contributed by atoms with E-state index < -0.39 is 0 Å². The maximum absolute atomic E-state index is 14.6. The van der Waals surface area contributed by atoms with Crippen molar-refractivity contribution in [1.82, 2.24) is 0 Å². The van der Waals surface area contributed by atoms with Crippen LogP contribution in [0.1, 0.15) is 47.4 Å². The fourth-order valence-corrected chi connectivity index (χ4v) is 6.11. The summed E-state index contributed by atoms with van der Waals surface area (Å²) in [5.74, 6) is 1.12. The van der Waals surface area contributed by atoms with Gasteiger partial charge in [0.05, 0.1) is 11.0 Å². The standard InChI is InChI=1S/C24H21FN2O2/c25-16-11-21-18-4-1-3-15(18)13-26-23(14-7-9-17(10-8-14)27(28)29)20-6-2-5-19(20)22(12-16)24(21)26/h1-2,4-5,7-12,15,18-20,23H,3,6,13H2/t15-,18-,19-,20+,23+/m0/s1. The second-order valence-electron chi connectivity index (χ2n) is 8.68. The lowest BCUT2D eigenvalue weighted by Gasteiger charge is -2.51. The van der Waals surface area contributed by atoms with Gasteiger partial charge in [-0.2, -0.15) is 0 Å².